The third-order valence-electron chi connectivity index (χ3n) is 2.56. The van der Waals surface area contributed by atoms with Crippen molar-refractivity contribution in [1.82, 2.24) is 0 Å². The predicted octanol–water partition coefficient (Wildman–Crippen LogP) is 3.56. The number of benzene rings is 2. The van der Waals surface area contributed by atoms with E-state index in [9.17, 15) is 22.7 Å². The summed E-state index contributed by atoms with van der Waals surface area (Å²) in [6.45, 7) is -0.177. The van der Waals surface area contributed by atoms with Crippen LogP contribution in [-0.4, -0.2) is 5.11 Å². The Balaban J connectivity index is 2.28. The molecule has 2 aromatic carbocycles. The third kappa shape index (κ3) is 2.62. The van der Waals surface area contributed by atoms with Crippen molar-refractivity contribution < 1.29 is 22.7 Å². The summed E-state index contributed by atoms with van der Waals surface area (Å²) in [6, 6.07) is 6.21. The molecule has 19 heavy (non-hydrogen) atoms. The Morgan fingerprint density at radius 3 is 2.11 bits per heavy atom. The van der Waals surface area contributed by atoms with Crippen molar-refractivity contribution in [3.63, 3.8) is 0 Å². The maximum atomic E-state index is 13.3. The van der Waals surface area contributed by atoms with Crippen LogP contribution in [0.25, 0.3) is 0 Å². The van der Waals surface area contributed by atoms with Gasteiger partial charge in [-0.2, -0.15) is 0 Å². The van der Waals surface area contributed by atoms with Crippen LogP contribution in [0, 0.1) is 23.3 Å². The normalized spacial score (nSPS) is 10.5. The van der Waals surface area contributed by atoms with Gasteiger partial charge in [0, 0.05) is 18.2 Å². The summed E-state index contributed by atoms with van der Waals surface area (Å²) < 4.78 is 52.6. The number of anilines is 1. The Bertz CT molecular complexity index is 590. The zero-order valence-electron chi connectivity index (χ0n) is 9.55. The van der Waals surface area contributed by atoms with Gasteiger partial charge >= 0.3 is 0 Å². The minimum atomic E-state index is -1.51. The van der Waals surface area contributed by atoms with Gasteiger partial charge in [-0.25, -0.2) is 17.6 Å². The van der Waals surface area contributed by atoms with Crippen LogP contribution >= 0.6 is 0 Å². The highest BCUT2D eigenvalue weighted by molar-refractivity contribution is 5.48. The zero-order valence-corrected chi connectivity index (χ0v) is 9.55. The molecule has 0 aliphatic heterocycles. The first-order valence-corrected chi connectivity index (χ1v) is 5.34. The standard InChI is InChI=1S/C13H9F4NO/c14-8-5-9(15)12(17)13(11(8)16)18-6-7-3-1-2-4-10(7)19/h1-5,18-19H,6H2. The van der Waals surface area contributed by atoms with Gasteiger partial charge < -0.3 is 10.4 Å². The summed E-state index contributed by atoms with van der Waals surface area (Å²) in [4.78, 5) is 0. The second-order valence-electron chi connectivity index (χ2n) is 3.83. The van der Waals surface area contributed by atoms with Crippen LogP contribution in [0.5, 0.6) is 5.75 Å². The maximum Gasteiger partial charge on any atom is 0.185 e. The summed E-state index contributed by atoms with van der Waals surface area (Å²) in [5.41, 5.74) is -0.563. The summed E-state index contributed by atoms with van der Waals surface area (Å²) in [5, 5.41) is 11.7. The molecular formula is C13H9F4NO. The molecule has 2 rings (SSSR count). The molecule has 2 N–H and O–H groups in total. The first-order valence-electron chi connectivity index (χ1n) is 5.34. The minimum absolute atomic E-state index is 0.0901. The summed E-state index contributed by atoms with van der Waals surface area (Å²) in [6.07, 6.45) is 0. The molecule has 0 aliphatic rings. The molecule has 0 radical (unpaired) electrons. The number of aromatic hydroxyl groups is 1. The lowest BCUT2D eigenvalue weighted by Crippen LogP contribution is -2.07. The van der Waals surface area contributed by atoms with E-state index in [1.165, 1.54) is 12.1 Å². The van der Waals surface area contributed by atoms with Crippen LogP contribution < -0.4 is 5.32 Å². The monoisotopic (exact) mass is 271 g/mol. The molecule has 0 spiro atoms. The van der Waals surface area contributed by atoms with Crippen molar-refractivity contribution in [2.24, 2.45) is 0 Å². The molecule has 0 saturated carbocycles. The van der Waals surface area contributed by atoms with Gasteiger partial charge in [-0.15, -0.1) is 0 Å². The lowest BCUT2D eigenvalue weighted by molar-refractivity contribution is 0.457. The molecule has 0 amide bonds. The summed E-state index contributed by atoms with van der Waals surface area (Å²) in [5.74, 6) is -6.08. The number of rotatable bonds is 3. The van der Waals surface area contributed by atoms with Gasteiger partial charge in [0.15, 0.2) is 23.3 Å². The second-order valence-corrected chi connectivity index (χ2v) is 3.83. The number of hydrogen-bond acceptors (Lipinski definition) is 2. The van der Waals surface area contributed by atoms with Crippen LogP contribution in [0.15, 0.2) is 30.3 Å². The highest BCUT2D eigenvalue weighted by atomic mass is 19.2. The minimum Gasteiger partial charge on any atom is -0.508 e. The first kappa shape index (κ1) is 13.2. The first-order chi connectivity index (χ1) is 9.00. The molecule has 0 saturated heterocycles. The average Bonchev–Trinajstić information content (AvgIpc) is 2.38. The molecule has 0 atom stereocenters. The molecule has 0 fully saturated rings. The molecule has 0 bridgehead atoms. The third-order valence-corrected chi connectivity index (χ3v) is 2.56. The van der Waals surface area contributed by atoms with Crippen molar-refractivity contribution in [2.75, 3.05) is 5.32 Å². The topological polar surface area (TPSA) is 32.3 Å². The van der Waals surface area contributed by atoms with E-state index in [0.717, 1.165) is 0 Å². The van der Waals surface area contributed by atoms with Crippen LogP contribution in [0.3, 0.4) is 0 Å². The van der Waals surface area contributed by atoms with E-state index in [-0.39, 0.29) is 18.4 Å². The molecule has 0 aromatic heterocycles. The van der Waals surface area contributed by atoms with E-state index in [1.54, 1.807) is 12.1 Å². The van der Waals surface area contributed by atoms with Gasteiger partial charge in [0.25, 0.3) is 0 Å². The second kappa shape index (κ2) is 5.17. The molecule has 0 heterocycles. The fourth-order valence-corrected chi connectivity index (χ4v) is 1.57. The number of para-hydroxylation sites is 1. The predicted molar refractivity (Wildman–Crippen MR) is 61.7 cm³/mol. The SMILES string of the molecule is Oc1ccccc1CNc1c(F)c(F)cc(F)c1F. The number of phenols is 1. The van der Waals surface area contributed by atoms with Crippen molar-refractivity contribution >= 4 is 5.69 Å². The smallest absolute Gasteiger partial charge is 0.185 e. The van der Waals surface area contributed by atoms with Crippen molar-refractivity contribution in [1.29, 1.82) is 0 Å². The zero-order chi connectivity index (χ0) is 14.0. The Hall–Kier alpha value is -2.24. The maximum absolute atomic E-state index is 13.3. The molecule has 100 valence electrons. The van der Waals surface area contributed by atoms with E-state index in [0.29, 0.717) is 5.56 Å². The van der Waals surface area contributed by atoms with E-state index in [2.05, 4.69) is 5.32 Å². The average molecular weight is 271 g/mol. The summed E-state index contributed by atoms with van der Waals surface area (Å²) >= 11 is 0. The van der Waals surface area contributed by atoms with Gasteiger partial charge in [-0.3, -0.25) is 0 Å². The fourth-order valence-electron chi connectivity index (χ4n) is 1.57. The number of nitrogens with one attached hydrogen (secondary N) is 1. The van der Waals surface area contributed by atoms with Crippen LogP contribution in [-0.2, 0) is 6.54 Å². The highest BCUT2D eigenvalue weighted by Gasteiger charge is 2.18. The fraction of sp³-hybridized carbons (Fsp3) is 0.0769. The molecule has 0 aliphatic carbocycles. The van der Waals surface area contributed by atoms with E-state index in [4.69, 9.17) is 0 Å². The molecular weight excluding hydrogens is 262 g/mol. The van der Waals surface area contributed by atoms with Crippen LogP contribution in [0.4, 0.5) is 23.2 Å². The molecule has 2 nitrogen and oxygen atoms in total. The van der Waals surface area contributed by atoms with Crippen molar-refractivity contribution in [3.8, 4) is 5.75 Å². The molecule has 0 unspecified atom stereocenters. The van der Waals surface area contributed by atoms with Gasteiger partial charge in [-0.05, 0) is 6.07 Å². The Morgan fingerprint density at radius 1 is 0.947 bits per heavy atom. The Morgan fingerprint density at radius 2 is 1.53 bits per heavy atom. The van der Waals surface area contributed by atoms with Gasteiger partial charge in [-0.1, -0.05) is 18.2 Å². The number of hydrogen-bond donors (Lipinski definition) is 2. The van der Waals surface area contributed by atoms with Crippen molar-refractivity contribution in [3.05, 3.63) is 59.2 Å². The Labute approximate surface area is 106 Å². The number of halogens is 4. The lowest BCUT2D eigenvalue weighted by atomic mass is 10.2. The van der Waals surface area contributed by atoms with E-state index in [1.807, 2.05) is 0 Å². The Kier molecular flexibility index (Phi) is 3.59. The lowest BCUT2D eigenvalue weighted by Gasteiger charge is -2.10. The largest absolute Gasteiger partial charge is 0.508 e. The van der Waals surface area contributed by atoms with E-state index < -0.39 is 29.0 Å². The van der Waals surface area contributed by atoms with Gasteiger partial charge in [0.1, 0.15) is 11.4 Å². The van der Waals surface area contributed by atoms with Gasteiger partial charge in [0.2, 0.25) is 0 Å². The quantitative estimate of drug-likeness (QED) is 0.661. The van der Waals surface area contributed by atoms with Crippen LogP contribution in [0.1, 0.15) is 5.56 Å². The summed E-state index contributed by atoms with van der Waals surface area (Å²) in [7, 11) is 0. The molecule has 2 aromatic rings. The number of phenolic OH excluding ortho intramolecular Hbond substituents is 1. The highest BCUT2D eigenvalue weighted by Crippen LogP contribution is 2.25. The van der Waals surface area contributed by atoms with Gasteiger partial charge in [0.05, 0.1) is 0 Å². The van der Waals surface area contributed by atoms with Crippen LogP contribution in [0.2, 0.25) is 0 Å². The molecule has 6 heteroatoms. The van der Waals surface area contributed by atoms with E-state index >= 15 is 0 Å². The van der Waals surface area contributed by atoms with Crippen molar-refractivity contribution in [2.45, 2.75) is 6.54 Å².